The predicted octanol–water partition coefficient (Wildman–Crippen LogP) is 4.12. The molecule has 19 heavy (non-hydrogen) atoms. The SMILES string of the molecule is CC(Nc1ccc(F)c(F)c1F)C1CC2C=CC1C2. The van der Waals surface area contributed by atoms with Gasteiger partial charge in [0.05, 0.1) is 5.69 Å². The first kappa shape index (κ1) is 12.6. The lowest BCUT2D eigenvalue weighted by Crippen LogP contribution is -2.29. The van der Waals surface area contributed by atoms with Crippen LogP contribution in [0, 0.1) is 35.2 Å². The second kappa shape index (κ2) is 4.58. The van der Waals surface area contributed by atoms with Crippen LogP contribution in [0.3, 0.4) is 0 Å². The van der Waals surface area contributed by atoms with Gasteiger partial charge in [-0.3, -0.25) is 0 Å². The largest absolute Gasteiger partial charge is 0.380 e. The number of hydrogen-bond acceptors (Lipinski definition) is 1. The maximum atomic E-state index is 13.6. The summed E-state index contributed by atoms with van der Waals surface area (Å²) in [7, 11) is 0. The number of halogens is 3. The van der Waals surface area contributed by atoms with E-state index in [0.717, 1.165) is 18.9 Å². The van der Waals surface area contributed by atoms with Crippen LogP contribution in [0.1, 0.15) is 19.8 Å². The number of fused-ring (bicyclic) bond motifs is 2. The van der Waals surface area contributed by atoms with E-state index in [0.29, 0.717) is 17.8 Å². The van der Waals surface area contributed by atoms with Crippen molar-refractivity contribution >= 4 is 5.69 Å². The van der Waals surface area contributed by atoms with Gasteiger partial charge in [0.2, 0.25) is 0 Å². The molecule has 1 saturated carbocycles. The summed E-state index contributed by atoms with van der Waals surface area (Å²) in [6.45, 7) is 1.97. The van der Waals surface area contributed by atoms with E-state index in [4.69, 9.17) is 0 Å². The lowest BCUT2D eigenvalue weighted by molar-refractivity contribution is 0.396. The first-order valence-corrected chi connectivity index (χ1v) is 6.64. The molecule has 1 N–H and O–H groups in total. The van der Waals surface area contributed by atoms with Gasteiger partial charge in [-0.1, -0.05) is 12.2 Å². The van der Waals surface area contributed by atoms with Crippen molar-refractivity contribution in [3.8, 4) is 0 Å². The maximum absolute atomic E-state index is 13.6. The Balaban J connectivity index is 1.75. The van der Waals surface area contributed by atoms with Crippen LogP contribution in [-0.2, 0) is 0 Å². The number of hydrogen-bond donors (Lipinski definition) is 1. The van der Waals surface area contributed by atoms with E-state index in [2.05, 4.69) is 17.5 Å². The van der Waals surface area contributed by atoms with E-state index in [1.165, 1.54) is 6.07 Å². The topological polar surface area (TPSA) is 12.0 Å². The molecule has 1 aromatic rings. The lowest BCUT2D eigenvalue weighted by atomic mass is 9.87. The fraction of sp³-hybridized carbons (Fsp3) is 0.467. The number of benzene rings is 1. The molecular formula is C15H16F3N. The molecule has 0 saturated heterocycles. The number of allylic oxidation sites excluding steroid dienone is 2. The Kier molecular flexibility index (Phi) is 3.03. The molecule has 0 aliphatic heterocycles. The Morgan fingerprint density at radius 3 is 2.53 bits per heavy atom. The van der Waals surface area contributed by atoms with E-state index < -0.39 is 17.5 Å². The summed E-state index contributed by atoms with van der Waals surface area (Å²) in [4.78, 5) is 0. The predicted molar refractivity (Wildman–Crippen MR) is 68.2 cm³/mol. The molecule has 2 bridgehead atoms. The van der Waals surface area contributed by atoms with Gasteiger partial charge in [0, 0.05) is 6.04 Å². The van der Waals surface area contributed by atoms with Crippen molar-refractivity contribution in [2.45, 2.75) is 25.8 Å². The minimum atomic E-state index is -1.41. The van der Waals surface area contributed by atoms with Crippen molar-refractivity contribution in [2.75, 3.05) is 5.32 Å². The average Bonchev–Trinajstić information content (AvgIpc) is 3.02. The molecular weight excluding hydrogens is 251 g/mol. The molecule has 0 heterocycles. The zero-order valence-electron chi connectivity index (χ0n) is 10.7. The highest BCUT2D eigenvalue weighted by molar-refractivity contribution is 5.46. The molecule has 2 aliphatic carbocycles. The zero-order valence-corrected chi connectivity index (χ0v) is 10.7. The minimum absolute atomic E-state index is 0.0400. The van der Waals surface area contributed by atoms with Gasteiger partial charge in [0.25, 0.3) is 0 Å². The average molecular weight is 267 g/mol. The second-order valence-corrected chi connectivity index (χ2v) is 5.60. The van der Waals surface area contributed by atoms with Gasteiger partial charge < -0.3 is 5.32 Å². The van der Waals surface area contributed by atoms with Gasteiger partial charge in [-0.25, -0.2) is 13.2 Å². The Labute approximate surface area is 110 Å². The van der Waals surface area contributed by atoms with E-state index in [1.807, 2.05) is 6.92 Å². The van der Waals surface area contributed by atoms with Crippen molar-refractivity contribution in [2.24, 2.45) is 17.8 Å². The van der Waals surface area contributed by atoms with Crippen LogP contribution in [0.25, 0.3) is 0 Å². The third kappa shape index (κ3) is 2.13. The van der Waals surface area contributed by atoms with E-state index in [9.17, 15) is 13.2 Å². The molecule has 4 atom stereocenters. The van der Waals surface area contributed by atoms with Crippen molar-refractivity contribution < 1.29 is 13.2 Å². The van der Waals surface area contributed by atoms with Gasteiger partial charge in [0.1, 0.15) is 0 Å². The highest BCUT2D eigenvalue weighted by Crippen LogP contribution is 2.45. The summed E-state index contributed by atoms with van der Waals surface area (Å²) in [6.07, 6.45) is 6.71. The molecule has 0 aromatic heterocycles. The normalized spacial score (nSPS) is 29.8. The van der Waals surface area contributed by atoms with Gasteiger partial charge in [-0.05, 0) is 49.7 Å². The standard InChI is InChI=1S/C15H16F3N/c1-8(11-7-9-2-3-10(11)6-9)19-13-5-4-12(16)14(17)15(13)18/h2-5,8-11,19H,6-7H2,1H3. The van der Waals surface area contributed by atoms with Crippen LogP contribution < -0.4 is 5.32 Å². The van der Waals surface area contributed by atoms with Crippen LogP contribution >= 0.6 is 0 Å². The monoisotopic (exact) mass is 267 g/mol. The Hall–Kier alpha value is -1.45. The summed E-state index contributed by atoms with van der Waals surface area (Å²) in [5.41, 5.74) is 0.0400. The molecule has 1 nitrogen and oxygen atoms in total. The number of rotatable bonds is 3. The summed E-state index contributed by atoms with van der Waals surface area (Å²) < 4.78 is 39.6. The van der Waals surface area contributed by atoms with Gasteiger partial charge in [-0.15, -0.1) is 0 Å². The van der Waals surface area contributed by atoms with E-state index in [1.54, 1.807) is 0 Å². The zero-order chi connectivity index (χ0) is 13.6. The molecule has 0 radical (unpaired) electrons. The Morgan fingerprint density at radius 2 is 1.89 bits per heavy atom. The third-order valence-electron chi connectivity index (χ3n) is 4.39. The Bertz CT molecular complexity index is 526. The molecule has 1 aromatic carbocycles. The van der Waals surface area contributed by atoms with Crippen molar-refractivity contribution in [1.29, 1.82) is 0 Å². The van der Waals surface area contributed by atoms with Crippen LogP contribution in [-0.4, -0.2) is 6.04 Å². The van der Waals surface area contributed by atoms with Gasteiger partial charge in [0.15, 0.2) is 17.5 Å². The van der Waals surface area contributed by atoms with Crippen LogP contribution in [0.2, 0.25) is 0 Å². The van der Waals surface area contributed by atoms with Crippen molar-refractivity contribution in [3.05, 3.63) is 41.7 Å². The second-order valence-electron chi connectivity index (χ2n) is 5.60. The van der Waals surface area contributed by atoms with Crippen LogP contribution in [0.4, 0.5) is 18.9 Å². The van der Waals surface area contributed by atoms with Gasteiger partial charge >= 0.3 is 0 Å². The molecule has 4 unspecified atom stereocenters. The minimum Gasteiger partial charge on any atom is -0.380 e. The summed E-state index contributed by atoms with van der Waals surface area (Å²) in [5, 5.41) is 2.99. The summed E-state index contributed by atoms with van der Waals surface area (Å²) in [6, 6.07) is 2.25. The summed E-state index contributed by atoms with van der Waals surface area (Å²) in [5.74, 6) is -2.11. The van der Waals surface area contributed by atoms with Gasteiger partial charge in [-0.2, -0.15) is 0 Å². The van der Waals surface area contributed by atoms with Crippen molar-refractivity contribution in [3.63, 3.8) is 0 Å². The third-order valence-corrected chi connectivity index (χ3v) is 4.39. The fourth-order valence-electron chi connectivity index (χ4n) is 3.39. The highest BCUT2D eigenvalue weighted by Gasteiger charge is 2.38. The smallest absolute Gasteiger partial charge is 0.196 e. The lowest BCUT2D eigenvalue weighted by Gasteiger charge is -2.27. The van der Waals surface area contributed by atoms with E-state index in [-0.39, 0.29) is 11.7 Å². The Morgan fingerprint density at radius 1 is 1.11 bits per heavy atom. The first-order valence-electron chi connectivity index (χ1n) is 6.64. The molecule has 4 heteroatoms. The first-order chi connectivity index (χ1) is 9.06. The van der Waals surface area contributed by atoms with Crippen LogP contribution in [0.5, 0.6) is 0 Å². The maximum Gasteiger partial charge on any atom is 0.196 e. The molecule has 1 fully saturated rings. The molecule has 102 valence electrons. The molecule has 0 amide bonds. The molecule has 3 rings (SSSR count). The number of anilines is 1. The van der Waals surface area contributed by atoms with Crippen molar-refractivity contribution in [1.82, 2.24) is 0 Å². The fourth-order valence-corrected chi connectivity index (χ4v) is 3.39. The quantitative estimate of drug-likeness (QED) is 0.641. The summed E-state index contributed by atoms with van der Waals surface area (Å²) >= 11 is 0. The highest BCUT2D eigenvalue weighted by atomic mass is 19.2. The molecule has 2 aliphatic rings. The van der Waals surface area contributed by atoms with Crippen LogP contribution in [0.15, 0.2) is 24.3 Å². The number of nitrogens with one attached hydrogen (secondary N) is 1. The molecule has 0 spiro atoms. The van der Waals surface area contributed by atoms with E-state index >= 15 is 0 Å².